The molecule has 1 aliphatic rings. The highest BCUT2D eigenvalue weighted by Gasteiger charge is 2.22. The average molecular weight is 417 g/mol. The zero-order valence-corrected chi connectivity index (χ0v) is 17.5. The Balaban J connectivity index is 1.41. The number of anilines is 1. The van der Waals surface area contributed by atoms with E-state index in [0.29, 0.717) is 16.8 Å². The van der Waals surface area contributed by atoms with E-state index >= 15 is 0 Å². The van der Waals surface area contributed by atoms with E-state index in [1.165, 1.54) is 4.90 Å². The van der Waals surface area contributed by atoms with E-state index in [1.54, 1.807) is 23.9 Å². The van der Waals surface area contributed by atoms with Crippen LogP contribution in [0.4, 0.5) is 5.69 Å². The topological polar surface area (TPSA) is 49.4 Å². The summed E-state index contributed by atoms with van der Waals surface area (Å²) in [5.74, 6) is 0.620. The van der Waals surface area contributed by atoms with Crippen molar-refractivity contribution in [3.8, 4) is 0 Å². The number of likely N-dealkylation sites (tertiary alicyclic amines) is 1. The first-order valence-corrected chi connectivity index (χ1v) is 11.2. The molecule has 30 heavy (non-hydrogen) atoms. The molecule has 1 fully saturated rings. The molecule has 0 aromatic heterocycles. The largest absolute Gasteiger partial charge is 0.339 e. The minimum Gasteiger partial charge on any atom is -0.339 e. The number of carbonyl (C=O) groups is 2. The summed E-state index contributed by atoms with van der Waals surface area (Å²) in [4.78, 5) is 28.6. The van der Waals surface area contributed by atoms with E-state index < -0.39 is 0 Å². The summed E-state index contributed by atoms with van der Waals surface area (Å²) in [6.07, 6.45) is 2.07. The Labute approximate surface area is 181 Å². The van der Waals surface area contributed by atoms with Gasteiger partial charge in [-0.2, -0.15) is 0 Å². The maximum absolute atomic E-state index is 12.8. The van der Waals surface area contributed by atoms with Crippen molar-refractivity contribution in [2.24, 2.45) is 0 Å². The summed E-state index contributed by atoms with van der Waals surface area (Å²) < 4.78 is 0. The predicted octanol–water partition coefficient (Wildman–Crippen LogP) is 5.47. The number of para-hydroxylation sites is 1. The van der Waals surface area contributed by atoms with Gasteiger partial charge in [0.1, 0.15) is 0 Å². The summed E-state index contributed by atoms with van der Waals surface area (Å²) in [6.45, 7) is 1.56. The lowest BCUT2D eigenvalue weighted by atomic mass is 10.1. The van der Waals surface area contributed by atoms with Crippen LogP contribution >= 0.6 is 11.8 Å². The van der Waals surface area contributed by atoms with Crippen LogP contribution in [-0.4, -0.2) is 29.8 Å². The number of nitrogens with one attached hydrogen (secondary N) is 1. The van der Waals surface area contributed by atoms with Crippen LogP contribution in [0.25, 0.3) is 0 Å². The van der Waals surface area contributed by atoms with E-state index in [-0.39, 0.29) is 11.8 Å². The quantitative estimate of drug-likeness (QED) is 0.542. The van der Waals surface area contributed by atoms with E-state index in [2.05, 4.69) is 17.4 Å². The number of benzene rings is 3. The van der Waals surface area contributed by atoms with Crippen LogP contribution in [0.3, 0.4) is 0 Å². The number of thioether (sulfide) groups is 1. The van der Waals surface area contributed by atoms with Crippen molar-refractivity contribution in [3.63, 3.8) is 0 Å². The van der Waals surface area contributed by atoms with Gasteiger partial charge in [0, 0.05) is 29.3 Å². The average Bonchev–Trinajstić information content (AvgIpc) is 3.34. The Morgan fingerprint density at radius 1 is 0.833 bits per heavy atom. The first-order chi connectivity index (χ1) is 14.7. The van der Waals surface area contributed by atoms with Crippen LogP contribution in [0.1, 0.15) is 39.1 Å². The van der Waals surface area contributed by atoms with Gasteiger partial charge in [0.05, 0.1) is 11.3 Å². The third-order valence-corrected chi connectivity index (χ3v) is 6.25. The molecule has 2 amide bonds. The third kappa shape index (κ3) is 4.92. The molecule has 4 rings (SSSR count). The second-order valence-electron chi connectivity index (χ2n) is 7.30. The fourth-order valence-corrected chi connectivity index (χ4v) is 4.37. The molecule has 3 aromatic rings. The maximum Gasteiger partial charge on any atom is 0.255 e. The van der Waals surface area contributed by atoms with Gasteiger partial charge in [-0.25, -0.2) is 0 Å². The molecule has 152 valence electrons. The lowest BCUT2D eigenvalue weighted by Gasteiger charge is -2.18. The van der Waals surface area contributed by atoms with Crippen molar-refractivity contribution < 1.29 is 9.59 Å². The molecule has 0 spiro atoms. The van der Waals surface area contributed by atoms with Crippen LogP contribution in [-0.2, 0) is 5.75 Å². The number of rotatable bonds is 6. The second kappa shape index (κ2) is 9.63. The van der Waals surface area contributed by atoms with Crippen molar-refractivity contribution in [1.29, 1.82) is 0 Å². The minimum atomic E-state index is -0.209. The number of nitrogens with zero attached hydrogens (tertiary/aromatic N) is 1. The molecule has 0 radical (unpaired) electrons. The molecule has 0 bridgehead atoms. The van der Waals surface area contributed by atoms with Crippen molar-refractivity contribution in [3.05, 3.63) is 95.6 Å². The van der Waals surface area contributed by atoms with E-state index in [9.17, 15) is 9.59 Å². The Morgan fingerprint density at radius 3 is 2.23 bits per heavy atom. The Hall–Kier alpha value is -3.05. The molecule has 1 aliphatic heterocycles. The first-order valence-electron chi connectivity index (χ1n) is 10.2. The number of carbonyl (C=O) groups excluding carboxylic acids is 2. The highest BCUT2D eigenvalue weighted by Crippen LogP contribution is 2.23. The van der Waals surface area contributed by atoms with Crippen LogP contribution in [0.15, 0.2) is 83.8 Å². The van der Waals surface area contributed by atoms with Gasteiger partial charge in [-0.05, 0) is 54.8 Å². The maximum atomic E-state index is 12.8. The fourth-order valence-electron chi connectivity index (χ4n) is 3.50. The van der Waals surface area contributed by atoms with Gasteiger partial charge in [0.25, 0.3) is 11.8 Å². The van der Waals surface area contributed by atoms with Crippen molar-refractivity contribution in [2.75, 3.05) is 18.4 Å². The summed E-state index contributed by atoms with van der Waals surface area (Å²) in [5, 5.41) is 2.92. The number of hydrogen-bond donors (Lipinski definition) is 1. The van der Waals surface area contributed by atoms with Crippen LogP contribution in [0.2, 0.25) is 0 Å². The molecule has 0 unspecified atom stereocenters. The molecule has 0 aliphatic carbocycles. The lowest BCUT2D eigenvalue weighted by Crippen LogP contribution is -2.28. The Kier molecular flexibility index (Phi) is 6.50. The summed E-state index contributed by atoms with van der Waals surface area (Å²) >= 11 is 1.76. The zero-order valence-electron chi connectivity index (χ0n) is 16.7. The molecular formula is C25H24N2O2S. The van der Waals surface area contributed by atoms with Gasteiger partial charge in [-0.3, -0.25) is 9.59 Å². The summed E-state index contributed by atoms with van der Waals surface area (Å²) in [6, 6.07) is 25.1. The first kappa shape index (κ1) is 20.2. The molecular weight excluding hydrogens is 392 g/mol. The monoisotopic (exact) mass is 416 g/mol. The summed E-state index contributed by atoms with van der Waals surface area (Å²) in [7, 11) is 0. The normalized spacial score (nSPS) is 13.3. The van der Waals surface area contributed by atoms with Gasteiger partial charge in [0.15, 0.2) is 0 Å². The molecule has 1 N–H and O–H groups in total. The molecule has 0 atom stereocenters. The Morgan fingerprint density at radius 2 is 1.50 bits per heavy atom. The third-order valence-electron chi connectivity index (χ3n) is 5.16. The van der Waals surface area contributed by atoms with Crippen molar-refractivity contribution in [1.82, 2.24) is 4.90 Å². The van der Waals surface area contributed by atoms with E-state index in [0.717, 1.165) is 37.2 Å². The van der Waals surface area contributed by atoms with Gasteiger partial charge in [-0.1, -0.05) is 42.5 Å². The Bertz CT molecular complexity index is 1010. The van der Waals surface area contributed by atoms with Crippen LogP contribution in [0, 0.1) is 0 Å². The molecule has 1 saturated heterocycles. The lowest BCUT2D eigenvalue weighted by molar-refractivity contribution is 0.0794. The highest BCUT2D eigenvalue weighted by molar-refractivity contribution is 7.98. The second-order valence-corrected chi connectivity index (χ2v) is 8.35. The number of amides is 2. The van der Waals surface area contributed by atoms with Crippen molar-refractivity contribution >= 4 is 29.3 Å². The number of hydrogen-bond acceptors (Lipinski definition) is 3. The van der Waals surface area contributed by atoms with E-state index in [1.807, 2.05) is 59.5 Å². The smallest absolute Gasteiger partial charge is 0.255 e. The zero-order chi connectivity index (χ0) is 20.8. The highest BCUT2D eigenvalue weighted by atomic mass is 32.2. The molecule has 0 saturated carbocycles. The standard InChI is InChI=1S/C25H24N2O2S/c28-24(20-14-12-19(13-15-20)18-30-21-8-2-1-3-9-21)26-23-11-5-4-10-22(23)25(29)27-16-6-7-17-27/h1-5,8-15H,6-7,16-18H2,(H,26,28). The van der Waals surface area contributed by atoms with Crippen LogP contribution in [0.5, 0.6) is 0 Å². The SMILES string of the molecule is O=C(Nc1ccccc1C(=O)N1CCCC1)c1ccc(CSc2ccccc2)cc1. The summed E-state index contributed by atoms with van der Waals surface area (Å²) in [5.41, 5.74) is 2.84. The minimum absolute atomic E-state index is 0.0170. The molecule has 1 heterocycles. The van der Waals surface area contributed by atoms with Gasteiger partial charge in [-0.15, -0.1) is 11.8 Å². The van der Waals surface area contributed by atoms with Gasteiger partial charge in [0.2, 0.25) is 0 Å². The molecule has 5 heteroatoms. The molecule has 3 aromatic carbocycles. The van der Waals surface area contributed by atoms with Crippen LogP contribution < -0.4 is 5.32 Å². The van der Waals surface area contributed by atoms with Gasteiger partial charge >= 0.3 is 0 Å². The molecule has 4 nitrogen and oxygen atoms in total. The fraction of sp³-hybridized carbons (Fsp3) is 0.200. The van der Waals surface area contributed by atoms with Crippen molar-refractivity contribution in [2.45, 2.75) is 23.5 Å². The van der Waals surface area contributed by atoms with Gasteiger partial charge < -0.3 is 10.2 Å². The van der Waals surface area contributed by atoms with E-state index in [4.69, 9.17) is 0 Å². The predicted molar refractivity (Wildman–Crippen MR) is 122 cm³/mol.